The Morgan fingerprint density at radius 2 is 1.79 bits per heavy atom. The zero-order valence-electron chi connectivity index (χ0n) is 18.6. The van der Waals surface area contributed by atoms with E-state index in [-0.39, 0.29) is 23.7 Å². The van der Waals surface area contributed by atoms with E-state index < -0.39 is 11.7 Å². The Bertz CT molecular complexity index is 1130. The molecule has 0 saturated heterocycles. The molecule has 0 atom stereocenters. The van der Waals surface area contributed by atoms with E-state index in [2.05, 4.69) is 20.6 Å². The largest absolute Gasteiger partial charge is 0.352 e. The molecule has 7 nitrogen and oxygen atoms in total. The van der Waals surface area contributed by atoms with Crippen LogP contribution in [0.4, 0.5) is 10.1 Å². The maximum absolute atomic E-state index is 14.0. The van der Waals surface area contributed by atoms with Crippen molar-refractivity contribution in [3.05, 3.63) is 90.0 Å². The van der Waals surface area contributed by atoms with E-state index >= 15 is 0 Å². The third kappa shape index (κ3) is 7.05. The minimum atomic E-state index is -0.536. The van der Waals surface area contributed by atoms with Gasteiger partial charge in [0.15, 0.2) is 5.82 Å². The first kappa shape index (κ1) is 23.7. The number of halogens is 1. The Hall–Kier alpha value is -3.91. The number of hydrogen-bond acceptors (Lipinski definition) is 5. The van der Waals surface area contributed by atoms with Gasteiger partial charge in [-0.2, -0.15) is 0 Å². The molecule has 0 bridgehead atoms. The molecule has 0 spiro atoms. The quantitative estimate of drug-likeness (QED) is 0.492. The molecule has 0 unspecified atom stereocenters. The van der Waals surface area contributed by atoms with E-state index in [4.69, 9.17) is 0 Å². The van der Waals surface area contributed by atoms with Gasteiger partial charge in [0.05, 0.1) is 16.9 Å². The Balaban J connectivity index is 1.78. The predicted octanol–water partition coefficient (Wildman–Crippen LogP) is 3.31. The number of carbonyl (C=O) groups is 2. The van der Waals surface area contributed by atoms with Crippen LogP contribution < -0.4 is 10.6 Å². The van der Waals surface area contributed by atoms with Crippen molar-refractivity contribution in [2.24, 2.45) is 0 Å². The lowest BCUT2D eigenvalue weighted by atomic mass is 10.1. The van der Waals surface area contributed by atoms with Crippen LogP contribution in [-0.4, -0.2) is 53.9 Å². The fourth-order valence-corrected chi connectivity index (χ4v) is 3.01. The standard InChI is InChI=1S/C25H26FN5O2/c1-31(2)16-8-13-23(32)27-15-14-21-19(25(33)30-22-12-7-6-11-20(22)26)17-28-24(29-21)18-9-4-3-5-10-18/h3-13,17H,14-16H2,1-2H3,(H,27,32)(H,30,33)/b13-8+. The van der Waals surface area contributed by atoms with Crippen LogP contribution in [0.3, 0.4) is 0 Å². The van der Waals surface area contributed by atoms with Crippen LogP contribution in [0.1, 0.15) is 16.1 Å². The number of benzene rings is 2. The third-order valence-electron chi connectivity index (χ3n) is 4.67. The van der Waals surface area contributed by atoms with E-state index in [0.717, 1.165) is 5.56 Å². The van der Waals surface area contributed by atoms with Crippen LogP contribution in [0, 0.1) is 5.82 Å². The summed E-state index contributed by atoms with van der Waals surface area (Å²) in [6.07, 6.45) is 4.97. The highest BCUT2D eigenvalue weighted by molar-refractivity contribution is 6.05. The molecule has 0 aliphatic rings. The second kappa shape index (κ2) is 11.6. The summed E-state index contributed by atoms with van der Waals surface area (Å²) in [5, 5.41) is 5.36. The molecule has 3 aromatic rings. The molecule has 3 rings (SSSR count). The van der Waals surface area contributed by atoms with Crippen molar-refractivity contribution in [2.75, 3.05) is 32.5 Å². The summed E-state index contributed by atoms with van der Waals surface area (Å²) in [5.41, 5.74) is 1.54. The Morgan fingerprint density at radius 1 is 1.06 bits per heavy atom. The summed E-state index contributed by atoms with van der Waals surface area (Å²) in [5.74, 6) is -0.824. The number of amides is 2. The van der Waals surface area contributed by atoms with Crippen molar-refractivity contribution in [3.8, 4) is 11.4 Å². The number of likely N-dealkylation sites (N-methyl/N-ethyl adjacent to an activating group) is 1. The molecule has 170 valence electrons. The second-order valence-electron chi connectivity index (χ2n) is 7.56. The summed E-state index contributed by atoms with van der Waals surface area (Å²) >= 11 is 0. The number of anilines is 1. The van der Waals surface area contributed by atoms with Crippen LogP contribution >= 0.6 is 0 Å². The summed E-state index contributed by atoms with van der Waals surface area (Å²) < 4.78 is 14.0. The van der Waals surface area contributed by atoms with Crippen LogP contribution in [0.5, 0.6) is 0 Å². The second-order valence-corrected chi connectivity index (χ2v) is 7.56. The average molecular weight is 448 g/mol. The van der Waals surface area contributed by atoms with Crippen LogP contribution in [0.2, 0.25) is 0 Å². The molecule has 2 amide bonds. The summed E-state index contributed by atoms with van der Waals surface area (Å²) in [6.45, 7) is 0.927. The van der Waals surface area contributed by atoms with Gasteiger partial charge in [-0.25, -0.2) is 14.4 Å². The highest BCUT2D eigenvalue weighted by atomic mass is 19.1. The van der Waals surface area contributed by atoms with E-state index in [1.54, 1.807) is 18.2 Å². The topological polar surface area (TPSA) is 87.2 Å². The van der Waals surface area contributed by atoms with Gasteiger partial charge in [-0.1, -0.05) is 48.5 Å². The van der Waals surface area contributed by atoms with Crippen LogP contribution in [0.25, 0.3) is 11.4 Å². The van der Waals surface area contributed by atoms with E-state index in [0.29, 0.717) is 24.5 Å². The summed E-state index contributed by atoms with van der Waals surface area (Å²) in [6, 6.07) is 15.3. The Morgan fingerprint density at radius 3 is 2.52 bits per heavy atom. The zero-order chi connectivity index (χ0) is 23.6. The van der Waals surface area contributed by atoms with Gasteiger partial charge in [0.1, 0.15) is 5.82 Å². The first-order chi connectivity index (χ1) is 15.9. The number of para-hydroxylation sites is 1. The summed E-state index contributed by atoms with van der Waals surface area (Å²) in [7, 11) is 3.82. The molecular formula is C25H26FN5O2. The number of nitrogens with zero attached hydrogens (tertiary/aromatic N) is 3. The van der Waals surface area contributed by atoms with Gasteiger partial charge in [-0.3, -0.25) is 9.59 Å². The van der Waals surface area contributed by atoms with Gasteiger partial charge in [0.2, 0.25) is 5.91 Å². The minimum absolute atomic E-state index is 0.0694. The maximum Gasteiger partial charge on any atom is 0.259 e. The molecule has 33 heavy (non-hydrogen) atoms. The zero-order valence-corrected chi connectivity index (χ0v) is 18.6. The maximum atomic E-state index is 14.0. The SMILES string of the molecule is CN(C)C/C=C/C(=O)NCCc1nc(-c2ccccc2)ncc1C(=O)Nc1ccccc1F. The number of aromatic nitrogens is 2. The van der Waals surface area contributed by atoms with Crippen molar-refractivity contribution < 1.29 is 14.0 Å². The van der Waals surface area contributed by atoms with Crippen molar-refractivity contribution in [2.45, 2.75) is 6.42 Å². The molecule has 0 saturated carbocycles. The lowest BCUT2D eigenvalue weighted by molar-refractivity contribution is -0.116. The van der Waals surface area contributed by atoms with E-state index in [9.17, 15) is 14.0 Å². The molecule has 8 heteroatoms. The lowest BCUT2D eigenvalue weighted by Gasteiger charge is -2.12. The van der Waals surface area contributed by atoms with Crippen molar-refractivity contribution in [1.29, 1.82) is 0 Å². The molecule has 0 aliphatic carbocycles. The van der Waals surface area contributed by atoms with Crippen molar-refractivity contribution in [3.63, 3.8) is 0 Å². The molecule has 0 radical (unpaired) electrons. The van der Waals surface area contributed by atoms with Gasteiger partial charge in [-0.15, -0.1) is 0 Å². The summed E-state index contributed by atoms with van der Waals surface area (Å²) in [4.78, 5) is 35.7. The van der Waals surface area contributed by atoms with E-state index in [1.165, 1.54) is 24.4 Å². The van der Waals surface area contributed by atoms with Crippen LogP contribution in [-0.2, 0) is 11.2 Å². The molecule has 1 heterocycles. The Labute approximate surface area is 192 Å². The van der Waals surface area contributed by atoms with Gasteiger partial charge < -0.3 is 15.5 Å². The number of rotatable bonds is 9. The highest BCUT2D eigenvalue weighted by Crippen LogP contribution is 2.19. The number of hydrogen-bond donors (Lipinski definition) is 2. The normalized spacial score (nSPS) is 11.0. The number of carbonyl (C=O) groups excluding carboxylic acids is 2. The molecular weight excluding hydrogens is 421 g/mol. The van der Waals surface area contributed by atoms with Gasteiger partial charge in [0.25, 0.3) is 5.91 Å². The predicted molar refractivity (Wildman–Crippen MR) is 126 cm³/mol. The smallest absolute Gasteiger partial charge is 0.259 e. The monoisotopic (exact) mass is 447 g/mol. The van der Waals surface area contributed by atoms with Crippen molar-refractivity contribution >= 4 is 17.5 Å². The third-order valence-corrected chi connectivity index (χ3v) is 4.67. The first-order valence-corrected chi connectivity index (χ1v) is 10.5. The van der Waals surface area contributed by atoms with Crippen LogP contribution in [0.15, 0.2) is 72.9 Å². The molecule has 1 aromatic heterocycles. The minimum Gasteiger partial charge on any atom is -0.352 e. The molecule has 2 N–H and O–H groups in total. The lowest BCUT2D eigenvalue weighted by Crippen LogP contribution is -2.26. The molecule has 0 fully saturated rings. The average Bonchev–Trinajstić information content (AvgIpc) is 2.81. The first-order valence-electron chi connectivity index (χ1n) is 10.5. The van der Waals surface area contributed by atoms with Gasteiger partial charge in [-0.05, 0) is 26.2 Å². The van der Waals surface area contributed by atoms with Gasteiger partial charge >= 0.3 is 0 Å². The fraction of sp³-hybridized carbons (Fsp3) is 0.200. The number of nitrogens with one attached hydrogen (secondary N) is 2. The fourth-order valence-electron chi connectivity index (χ4n) is 3.01. The molecule has 0 aliphatic heterocycles. The van der Waals surface area contributed by atoms with Gasteiger partial charge in [0, 0.05) is 37.3 Å². The highest BCUT2D eigenvalue weighted by Gasteiger charge is 2.17. The Kier molecular flexibility index (Phi) is 8.37. The van der Waals surface area contributed by atoms with E-state index in [1.807, 2.05) is 49.3 Å². The molecule has 2 aromatic carbocycles. The van der Waals surface area contributed by atoms with Crippen molar-refractivity contribution in [1.82, 2.24) is 20.2 Å².